The van der Waals surface area contributed by atoms with Crippen LogP contribution in [-0.4, -0.2) is 54.1 Å². The summed E-state index contributed by atoms with van der Waals surface area (Å²) in [6, 6.07) is 5.06. The lowest BCUT2D eigenvalue weighted by Crippen LogP contribution is -2.28. The average Bonchev–Trinajstić information content (AvgIpc) is 2.60. The minimum Gasteiger partial charge on any atom is -0.496 e. The molecule has 0 amide bonds. The molecule has 28 heavy (non-hydrogen) atoms. The lowest BCUT2D eigenvalue weighted by atomic mass is 10.2. The Kier molecular flexibility index (Phi) is 9.56. The lowest BCUT2D eigenvalue weighted by molar-refractivity contribution is -0.146. The van der Waals surface area contributed by atoms with Gasteiger partial charge in [0.05, 0.1) is 7.11 Å². The third kappa shape index (κ3) is 9.14. The molecule has 0 radical (unpaired) electrons. The zero-order valence-corrected chi connectivity index (χ0v) is 19.8. The number of carbonyl (C=O) groups is 2. The molecular formula is C19H26Br2O7. The van der Waals surface area contributed by atoms with E-state index in [4.69, 9.17) is 23.7 Å². The van der Waals surface area contributed by atoms with E-state index in [1.165, 1.54) is 7.11 Å². The maximum atomic E-state index is 11.7. The third-order valence-electron chi connectivity index (χ3n) is 3.23. The highest BCUT2D eigenvalue weighted by Gasteiger charge is 2.26. The second-order valence-corrected chi connectivity index (χ2v) is 10.7. The largest absolute Gasteiger partial charge is 0.496 e. The van der Waals surface area contributed by atoms with Crippen LogP contribution >= 0.6 is 31.9 Å². The van der Waals surface area contributed by atoms with Crippen molar-refractivity contribution in [3.63, 3.8) is 0 Å². The van der Waals surface area contributed by atoms with Gasteiger partial charge in [-0.2, -0.15) is 0 Å². The maximum Gasteiger partial charge on any atom is 0.322 e. The van der Waals surface area contributed by atoms with Gasteiger partial charge in [0.15, 0.2) is 0 Å². The first-order valence-electron chi connectivity index (χ1n) is 8.60. The van der Waals surface area contributed by atoms with Crippen LogP contribution in [0.1, 0.15) is 27.7 Å². The summed E-state index contributed by atoms with van der Waals surface area (Å²) in [7, 11) is 1.53. The summed E-state index contributed by atoms with van der Waals surface area (Å²) in [5.41, 5.74) is 0. The first kappa shape index (κ1) is 24.6. The van der Waals surface area contributed by atoms with Gasteiger partial charge in [-0.15, -0.1) is 0 Å². The normalized spacial score (nSPS) is 11.5. The van der Waals surface area contributed by atoms with E-state index in [9.17, 15) is 9.59 Å². The number of ether oxygens (including phenoxy) is 5. The molecule has 1 aromatic rings. The van der Waals surface area contributed by atoms with Crippen LogP contribution in [0.4, 0.5) is 0 Å². The van der Waals surface area contributed by atoms with Crippen LogP contribution in [0.5, 0.6) is 17.2 Å². The molecule has 7 nitrogen and oxygen atoms in total. The first-order valence-corrected chi connectivity index (χ1v) is 10.2. The quantitative estimate of drug-likeness (QED) is 0.246. The van der Waals surface area contributed by atoms with Crippen molar-refractivity contribution in [1.82, 2.24) is 0 Å². The number of alkyl halides is 2. The lowest BCUT2D eigenvalue weighted by Gasteiger charge is -2.16. The highest BCUT2D eigenvalue weighted by atomic mass is 79.9. The van der Waals surface area contributed by atoms with Crippen molar-refractivity contribution in [2.45, 2.75) is 36.3 Å². The number of carbonyl (C=O) groups excluding carboxylic acids is 2. The Morgan fingerprint density at radius 3 is 1.43 bits per heavy atom. The minimum absolute atomic E-state index is 0.111. The fourth-order valence-electron chi connectivity index (χ4n) is 1.76. The van der Waals surface area contributed by atoms with Gasteiger partial charge in [-0.3, -0.25) is 9.59 Å². The van der Waals surface area contributed by atoms with Crippen molar-refractivity contribution in [3.05, 3.63) is 18.2 Å². The van der Waals surface area contributed by atoms with Crippen LogP contribution in [0.3, 0.4) is 0 Å². The molecule has 1 rings (SSSR count). The Labute approximate surface area is 182 Å². The smallest absolute Gasteiger partial charge is 0.322 e. The number of rotatable bonds is 11. The highest BCUT2D eigenvalue weighted by Crippen LogP contribution is 2.28. The zero-order valence-electron chi connectivity index (χ0n) is 16.7. The molecule has 0 aliphatic heterocycles. The van der Waals surface area contributed by atoms with Gasteiger partial charge in [-0.05, 0) is 27.7 Å². The molecule has 0 unspecified atom stereocenters. The van der Waals surface area contributed by atoms with Crippen LogP contribution in [0, 0.1) is 0 Å². The number of esters is 2. The summed E-state index contributed by atoms with van der Waals surface area (Å²) in [5, 5.41) is 0. The summed E-state index contributed by atoms with van der Waals surface area (Å²) >= 11 is 6.47. The fourth-order valence-corrected chi connectivity index (χ4v) is 1.99. The van der Waals surface area contributed by atoms with Gasteiger partial charge in [0.1, 0.15) is 52.3 Å². The standard InChI is InChI=1S/C19H26Br2O7/c1-18(2,20)16(22)27-8-6-25-14-10-13(24-5)11-15(12-14)26-7-9-28-17(23)19(3,4)21/h10-12H,6-9H2,1-5H3. The molecule has 1 aromatic carbocycles. The molecule has 158 valence electrons. The van der Waals surface area contributed by atoms with Crippen LogP contribution in [-0.2, 0) is 19.1 Å². The average molecular weight is 526 g/mol. The van der Waals surface area contributed by atoms with Crippen molar-refractivity contribution in [1.29, 1.82) is 0 Å². The molecule has 0 aromatic heterocycles. The predicted octanol–water partition coefficient (Wildman–Crippen LogP) is 3.89. The molecule has 0 saturated heterocycles. The molecule has 0 heterocycles. The van der Waals surface area contributed by atoms with Crippen molar-refractivity contribution in [2.75, 3.05) is 33.5 Å². The van der Waals surface area contributed by atoms with E-state index in [1.807, 2.05) is 0 Å². The minimum atomic E-state index is -0.739. The van der Waals surface area contributed by atoms with E-state index >= 15 is 0 Å². The van der Waals surface area contributed by atoms with Gasteiger partial charge in [0.2, 0.25) is 0 Å². The molecule has 0 bridgehead atoms. The van der Waals surface area contributed by atoms with Gasteiger partial charge in [-0.25, -0.2) is 0 Å². The van der Waals surface area contributed by atoms with Crippen molar-refractivity contribution in [2.24, 2.45) is 0 Å². The van der Waals surface area contributed by atoms with Gasteiger partial charge >= 0.3 is 11.9 Å². The third-order valence-corrected chi connectivity index (χ3v) is 3.88. The Hall–Kier alpha value is -1.48. The number of benzene rings is 1. The number of methoxy groups -OCH3 is 1. The van der Waals surface area contributed by atoms with E-state index in [0.717, 1.165) is 0 Å². The molecule has 0 aliphatic rings. The van der Waals surface area contributed by atoms with Crippen molar-refractivity contribution in [3.8, 4) is 17.2 Å². The van der Waals surface area contributed by atoms with Gasteiger partial charge in [0, 0.05) is 18.2 Å². The van der Waals surface area contributed by atoms with Gasteiger partial charge in [-0.1, -0.05) is 31.9 Å². The van der Waals surface area contributed by atoms with E-state index in [0.29, 0.717) is 17.2 Å². The SMILES string of the molecule is COc1cc(OCCOC(=O)C(C)(C)Br)cc(OCCOC(=O)C(C)(C)Br)c1. The predicted molar refractivity (Wildman–Crippen MR) is 112 cm³/mol. The molecule has 0 atom stereocenters. The summed E-state index contributed by atoms with van der Waals surface area (Å²) in [4.78, 5) is 23.4. The summed E-state index contributed by atoms with van der Waals surface area (Å²) < 4.78 is 25.2. The summed E-state index contributed by atoms with van der Waals surface area (Å²) in [5.74, 6) is 0.813. The number of hydrogen-bond acceptors (Lipinski definition) is 7. The molecule has 0 N–H and O–H groups in total. The van der Waals surface area contributed by atoms with E-state index in [1.54, 1.807) is 45.9 Å². The second-order valence-electron chi connectivity index (χ2n) is 6.76. The zero-order chi connectivity index (χ0) is 21.4. The maximum absolute atomic E-state index is 11.7. The molecular weight excluding hydrogens is 500 g/mol. The first-order chi connectivity index (χ1) is 12.9. The Morgan fingerprint density at radius 2 is 1.11 bits per heavy atom. The fraction of sp³-hybridized carbons (Fsp3) is 0.579. The van der Waals surface area contributed by atoms with E-state index in [-0.39, 0.29) is 38.4 Å². The van der Waals surface area contributed by atoms with E-state index < -0.39 is 8.65 Å². The number of halogens is 2. The van der Waals surface area contributed by atoms with E-state index in [2.05, 4.69) is 31.9 Å². The van der Waals surface area contributed by atoms with Crippen LogP contribution in [0.25, 0.3) is 0 Å². The molecule has 9 heteroatoms. The van der Waals surface area contributed by atoms with Crippen LogP contribution < -0.4 is 14.2 Å². The number of hydrogen-bond donors (Lipinski definition) is 0. The summed E-state index contributed by atoms with van der Waals surface area (Å²) in [6.07, 6.45) is 0. The van der Waals surface area contributed by atoms with Crippen molar-refractivity contribution >= 4 is 43.8 Å². The Bertz CT molecular complexity index is 611. The molecule has 0 aliphatic carbocycles. The Balaban J connectivity index is 2.52. The monoisotopic (exact) mass is 524 g/mol. The van der Waals surface area contributed by atoms with Crippen LogP contribution in [0.15, 0.2) is 18.2 Å². The van der Waals surface area contributed by atoms with Gasteiger partial charge < -0.3 is 23.7 Å². The van der Waals surface area contributed by atoms with Gasteiger partial charge in [0.25, 0.3) is 0 Å². The van der Waals surface area contributed by atoms with Crippen molar-refractivity contribution < 1.29 is 33.3 Å². The second kappa shape index (κ2) is 10.9. The summed E-state index contributed by atoms with van der Waals surface area (Å²) in [6.45, 7) is 7.41. The highest BCUT2D eigenvalue weighted by molar-refractivity contribution is 9.10. The topological polar surface area (TPSA) is 80.3 Å². The molecule has 0 fully saturated rings. The van der Waals surface area contributed by atoms with Crippen LogP contribution in [0.2, 0.25) is 0 Å². The Morgan fingerprint density at radius 1 is 0.750 bits per heavy atom. The molecule has 0 saturated carbocycles. The molecule has 0 spiro atoms.